The van der Waals surface area contributed by atoms with Crippen LogP contribution in [0.15, 0.2) is 18.2 Å². The van der Waals surface area contributed by atoms with Gasteiger partial charge in [-0.25, -0.2) is 0 Å². The van der Waals surface area contributed by atoms with Crippen molar-refractivity contribution in [2.45, 2.75) is 32.9 Å². The molecule has 0 aromatic heterocycles. The van der Waals surface area contributed by atoms with E-state index in [4.69, 9.17) is 0 Å². The van der Waals surface area contributed by atoms with Gasteiger partial charge in [-0.05, 0) is 36.6 Å². The van der Waals surface area contributed by atoms with Crippen LogP contribution in [0.5, 0.6) is 0 Å². The van der Waals surface area contributed by atoms with Gasteiger partial charge in [-0.1, -0.05) is 13.8 Å². The van der Waals surface area contributed by atoms with Crippen molar-refractivity contribution >= 4 is 5.78 Å². The molecule has 16 heavy (non-hydrogen) atoms. The van der Waals surface area contributed by atoms with Crippen LogP contribution >= 0.6 is 0 Å². The van der Waals surface area contributed by atoms with Crippen molar-refractivity contribution in [2.24, 2.45) is 0 Å². The van der Waals surface area contributed by atoms with Crippen LogP contribution in [0.25, 0.3) is 0 Å². The van der Waals surface area contributed by atoms with Crippen LogP contribution in [0.3, 0.4) is 0 Å². The summed E-state index contributed by atoms with van der Waals surface area (Å²) in [4.78, 5) is 11.1. The van der Waals surface area contributed by atoms with E-state index in [0.29, 0.717) is 5.56 Å². The first kappa shape index (κ1) is 12.7. The average molecular weight is 230 g/mol. The average Bonchev–Trinajstić information content (AvgIpc) is 2.15. The molecular weight excluding hydrogens is 217 g/mol. The maximum absolute atomic E-state index is 12.6. The molecule has 0 bridgehead atoms. The lowest BCUT2D eigenvalue weighted by atomic mass is 9.96. The van der Waals surface area contributed by atoms with E-state index in [9.17, 15) is 18.0 Å². The highest BCUT2D eigenvalue weighted by Gasteiger charge is 2.31. The lowest BCUT2D eigenvalue weighted by Gasteiger charge is -2.13. The zero-order chi connectivity index (χ0) is 12.5. The Kier molecular flexibility index (Phi) is 3.41. The Balaban J connectivity index is 3.36. The van der Waals surface area contributed by atoms with Gasteiger partial charge in [-0.3, -0.25) is 4.79 Å². The van der Waals surface area contributed by atoms with Gasteiger partial charge >= 0.3 is 6.18 Å². The van der Waals surface area contributed by atoms with Crippen LogP contribution < -0.4 is 0 Å². The molecule has 0 fully saturated rings. The number of rotatable bonds is 2. The Morgan fingerprint density at radius 2 is 1.75 bits per heavy atom. The number of Topliss-reactive ketones (excluding diaryl/α,β-unsaturated/α-hetero) is 1. The molecule has 0 spiro atoms. The summed E-state index contributed by atoms with van der Waals surface area (Å²) >= 11 is 0. The lowest BCUT2D eigenvalue weighted by molar-refractivity contribution is -0.137. The van der Waals surface area contributed by atoms with E-state index in [1.165, 1.54) is 13.0 Å². The molecule has 0 N–H and O–H groups in total. The Hall–Kier alpha value is -1.32. The molecule has 1 aromatic carbocycles. The summed E-state index contributed by atoms with van der Waals surface area (Å²) in [6.07, 6.45) is -4.41. The number of hydrogen-bond donors (Lipinski definition) is 0. The molecule has 0 aliphatic carbocycles. The molecule has 1 nitrogen and oxygen atoms in total. The zero-order valence-corrected chi connectivity index (χ0v) is 9.35. The van der Waals surface area contributed by atoms with Crippen molar-refractivity contribution in [3.05, 3.63) is 34.9 Å². The van der Waals surface area contributed by atoms with Gasteiger partial charge in [0, 0.05) is 5.56 Å². The van der Waals surface area contributed by atoms with Crippen LogP contribution in [0.1, 0.15) is 48.2 Å². The number of ketones is 1. The minimum absolute atomic E-state index is 0.0413. The van der Waals surface area contributed by atoms with Gasteiger partial charge in [0.25, 0.3) is 0 Å². The van der Waals surface area contributed by atoms with Gasteiger partial charge in [0.15, 0.2) is 5.78 Å². The van der Waals surface area contributed by atoms with Crippen molar-refractivity contribution < 1.29 is 18.0 Å². The maximum Gasteiger partial charge on any atom is 0.416 e. The van der Waals surface area contributed by atoms with Gasteiger partial charge < -0.3 is 0 Å². The van der Waals surface area contributed by atoms with Gasteiger partial charge in [-0.2, -0.15) is 13.2 Å². The molecule has 0 aliphatic rings. The molecule has 88 valence electrons. The fraction of sp³-hybridized carbons (Fsp3) is 0.417. The second kappa shape index (κ2) is 4.28. The third kappa shape index (κ3) is 2.84. The SMILES string of the molecule is CC(=O)c1cc(C(C)C)cc(C(F)(F)F)c1. The number of alkyl halides is 3. The second-order valence-corrected chi connectivity index (χ2v) is 4.05. The van der Waals surface area contributed by atoms with Gasteiger partial charge in [-0.15, -0.1) is 0 Å². The lowest BCUT2D eigenvalue weighted by Crippen LogP contribution is -2.08. The van der Waals surface area contributed by atoms with Crippen molar-refractivity contribution in [1.82, 2.24) is 0 Å². The topological polar surface area (TPSA) is 17.1 Å². The van der Waals surface area contributed by atoms with Crippen LogP contribution in [0, 0.1) is 0 Å². The number of benzene rings is 1. The van der Waals surface area contributed by atoms with Crippen LogP contribution in [0.4, 0.5) is 13.2 Å². The zero-order valence-electron chi connectivity index (χ0n) is 9.35. The largest absolute Gasteiger partial charge is 0.416 e. The third-order valence-corrected chi connectivity index (χ3v) is 2.36. The number of halogens is 3. The van der Waals surface area contributed by atoms with E-state index in [1.807, 2.05) is 0 Å². The van der Waals surface area contributed by atoms with E-state index in [2.05, 4.69) is 0 Å². The Bertz CT molecular complexity index is 405. The normalized spacial score (nSPS) is 11.9. The number of carbonyl (C=O) groups excluding carboxylic acids is 1. The molecule has 0 radical (unpaired) electrons. The first-order valence-electron chi connectivity index (χ1n) is 4.95. The first-order valence-corrected chi connectivity index (χ1v) is 4.95. The number of carbonyl (C=O) groups is 1. The van der Waals surface area contributed by atoms with E-state index in [0.717, 1.165) is 12.1 Å². The molecule has 0 heterocycles. The van der Waals surface area contributed by atoms with E-state index in [1.54, 1.807) is 13.8 Å². The second-order valence-electron chi connectivity index (χ2n) is 4.05. The summed E-state index contributed by atoms with van der Waals surface area (Å²) in [5.41, 5.74) is -0.123. The summed E-state index contributed by atoms with van der Waals surface area (Å²) in [5.74, 6) is -0.395. The quantitative estimate of drug-likeness (QED) is 0.701. The molecule has 0 saturated heterocycles. The minimum Gasteiger partial charge on any atom is -0.295 e. The molecule has 0 amide bonds. The van der Waals surface area contributed by atoms with E-state index >= 15 is 0 Å². The first-order chi connectivity index (χ1) is 7.21. The monoisotopic (exact) mass is 230 g/mol. The molecule has 4 heteroatoms. The predicted molar refractivity (Wildman–Crippen MR) is 55.5 cm³/mol. The van der Waals surface area contributed by atoms with Crippen molar-refractivity contribution in [2.75, 3.05) is 0 Å². The van der Waals surface area contributed by atoms with Crippen LogP contribution in [0.2, 0.25) is 0 Å². The highest BCUT2D eigenvalue weighted by atomic mass is 19.4. The fourth-order valence-corrected chi connectivity index (χ4v) is 1.35. The van der Waals surface area contributed by atoms with Crippen LogP contribution in [-0.2, 0) is 6.18 Å². The van der Waals surface area contributed by atoms with Crippen molar-refractivity contribution in [1.29, 1.82) is 0 Å². The molecular formula is C12H13F3O. The highest BCUT2D eigenvalue weighted by molar-refractivity contribution is 5.94. The van der Waals surface area contributed by atoms with Gasteiger partial charge in [0.2, 0.25) is 0 Å². The molecule has 1 rings (SSSR count). The van der Waals surface area contributed by atoms with Crippen molar-refractivity contribution in [3.63, 3.8) is 0 Å². The smallest absolute Gasteiger partial charge is 0.295 e. The van der Waals surface area contributed by atoms with E-state index < -0.39 is 11.7 Å². The summed E-state index contributed by atoms with van der Waals surface area (Å²) < 4.78 is 37.7. The van der Waals surface area contributed by atoms with Gasteiger partial charge in [0.1, 0.15) is 0 Å². The highest BCUT2D eigenvalue weighted by Crippen LogP contribution is 2.32. The summed E-state index contributed by atoms with van der Waals surface area (Å²) in [6, 6.07) is 3.51. The third-order valence-electron chi connectivity index (χ3n) is 2.36. The summed E-state index contributed by atoms with van der Waals surface area (Å²) in [7, 11) is 0. The number of hydrogen-bond acceptors (Lipinski definition) is 1. The molecule has 0 atom stereocenters. The Morgan fingerprint density at radius 1 is 1.19 bits per heavy atom. The Morgan fingerprint density at radius 3 is 2.12 bits per heavy atom. The Labute approximate surface area is 92.3 Å². The standard InChI is InChI=1S/C12H13F3O/c1-7(2)9-4-10(8(3)16)6-11(5-9)12(13,14)15/h4-7H,1-3H3. The van der Waals surface area contributed by atoms with Crippen LogP contribution in [-0.4, -0.2) is 5.78 Å². The molecule has 0 saturated carbocycles. The minimum atomic E-state index is -4.41. The van der Waals surface area contributed by atoms with E-state index in [-0.39, 0.29) is 17.3 Å². The molecule has 0 aliphatic heterocycles. The molecule has 1 aromatic rings. The van der Waals surface area contributed by atoms with Crippen molar-refractivity contribution in [3.8, 4) is 0 Å². The molecule has 0 unspecified atom stereocenters. The van der Waals surface area contributed by atoms with Gasteiger partial charge in [0.05, 0.1) is 5.56 Å². The summed E-state index contributed by atoms with van der Waals surface area (Å²) in [6.45, 7) is 4.85. The fourth-order valence-electron chi connectivity index (χ4n) is 1.35. The summed E-state index contributed by atoms with van der Waals surface area (Å²) in [5, 5.41) is 0. The maximum atomic E-state index is 12.6. The predicted octanol–water partition coefficient (Wildman–Crippen LogP) is 4.03.